The molecule has 0 unspecified atom stereocenters. The molecule has 0 N–H and O–H groups in total. The van der Waals surface area contributed by atoms with Gasteiger partial charge in [0.25, 0.3) is 0 Å². The Labute approximate surface area is 339 Å². The van der Waals surface area contributed by atoms with Crippen LogP contribution in [0.2, 0.25) is 0 Å². The van der Waals surface area contributed by atoms with Crippen LogP contribution in [0.25, 0.3) is 87.0 Å². The van der Waals surface area contributed by atoms with Gasteiger partial charge in [0.2, 0.25) is 0 Å². The van der Waals surface area contributed by atoms with Crippen LogP contribution in [0, 0.1) is 0 Å². The lowest BCUT2D eigenvalue weighted by atomic mass is 9.99. The molecule has 2 aromatic heterocycles. The van der Waals surface area contributed by atoms with Crippen molar-refractivity contribution in [3.8, 4) is 0 Å². The van der Waals surface area contributed by atoms with Gasteiger partial charge in [-0.15, -0.1) is 0 Å². The molecule has 8 heteroatoms. The lowest BCUT2D eigenvalue weighted by Crippen LogP contribution is -2.14. The summed E-state index contributed by atoms with van der Waals surface area (Å²) in [7, 11) is 1.60. The Morgan fingerprint density at radius 2 is 0.586 bits per heavy atom. The molecule has 6 nitrogen and oxygen atoms in total. The van der Waals surface area contributed by atoms with Crippen LogP contribution in [0.5, 0.6) is 0 Å². The van der Waals surface area contributed by atoms with Crippen LogP contribution >= 0.6 is 16.3 Å². The molecule has 0 aliphatic carbocycles. The number of fused-ring (bicyclic) bond motifs is 14. The predicted octanol–water partition coefficient (Wildman–Crippen LogP) is 15.7. The predicted molar refractivity (Wildman–Crippen MR) is 248 cm³/mol. The summed E-state index contributed by atoms with van der Waals surface area (Å²) in [6, 6.07) is 51.4. The molecule has 0 fully saturated rings. The van der Waals surface area contributed by atoms with Gasteiger partial charge < -0.3 is 16.8 Å². The minimum atomic E-state index is -1.33. The van der Waals surface area contributed by atoms with Crippen LogP contribution in [0.4, 0.5) is 0 Å². The molecule has 0 saturated carbocycles. The Balaban J connectivity index is 0.811. The summed E-state index contributed by atoms with van der Waals surface area (Å²) in [5.74, 6) is 0. The lowest BCUT2D eigenvalue weighted by molar-refractivity contribution is 0.582. The minimum absolute atomic E-state index is 0.883. The van der Waals surface area contributed by atoms with Crippen LogP contribution in [-0.4, -0.2) is 27.2 Å². The minimum Gasteiger partial charge on any atom is -0.408 e. The third kappa shape index (κ3) is 6.95. The van der Waals surface area contributed by atoms with E-state index in [1.165, 1.54) is 68.8 Å². The van der Waals surface area contributed by atoms with Crippen LogP contribution in [-0.2, 0) is 0 Å². The molecule has 10 aromatic rings. The number of rotatable bonds is 11. The highest BCUT2D eigenvalue weighted by molar-refractivity contribution is 7.39. The molecular weight excluding hydrogens is 755 g/mol. The van der Waals surface area contributed by atoms with Crippen LogP contribution in [0.1, 0.15) is 38.5 Å². The molecule has 0 radical (unpaired) electrons. The third-order valence-corrected chi connectivity index (χ3v) is 14.5. The van der Waals surface area contributed by atoms with Gasteiger partial charge in [-0.05, 0) is 80.2 Å². The van der Waals surface area contributed by atoms with E-state index in [0.717, 1.165) is 69.8 Å². The van der Waals surface area contributed by atoms with E-state index in [9.17, 15) is 0 Å². The Bertz CT molecular complexity index is 2800. The van der Waals surface area contributed by atoms with Gasteiger partial charge >= 0.3 is 16.3 Å². The third-order valence-electron chi connectivity index (χ3n) is 11.5. The molecule has 0 aliphatic heterocycles. The number of benzene rings is 8. The van der Waals surface area contributed by atoms with Gasteiger partial charge in [0.1, 0.15) is 22.3 Å². The summed E-state index contributed by atoms with van der Waals surface area (Å²) in [4.78, 5) is 0. The zero-order valence-electron chi connectivity index (χ0n) is 32.9. The van der Waals surface area contributed by atoms with E-state index in [1.54, 1.807) is 0 Å². The van der Waals surface area contributed by atoms with Crippen molar-refractivity contribution in [2.45, 2.75) is 38.5 Å². The van der Waals surface area contributed by atoms with Crippen molar-refractivity contribution in [1.82, 2.24) is 0 Å². The first-order valence-electron chi connectivity index (χ1n) is 20.4. The fraction of sp³-hybridized carbons (Fsp3) is 0.200. The average Bonchev–Trinajstić information content (AvgIpc) is 3.56. The van der Waals surface area contributed by atoms with E-state index in [4.69, 9.17) is 16.8 Å². The first-order valence-corrected chi connectivity index (χ1v) is 22.7. The Kier molecular flexibility index (Phi) is 10.2. The van der Waals surface area contributed by atoms with Gasteiger partial charge in [0.05, 0.1) is 0 Å². The van der Waals surface area contributed by atoms with Gasteiger partial charge in [-0.25, -0.2) is 9.34 Å². The number of unbranched alkanes of at least 4 members (excludes halogenated alkanes) is 5. The monoisotopic (exact) mass is 800 g/mol. The summed E-state index contributed by atoms with van der Waals surface area (Å²) in [6.07, 6.45) is 6.91. The zero-order chi connectivity index (χ0) is 39.0. The molecule has 2 heterocycles. The fourth-order valence-electron chi connectivity index (χ4n) is 8.55. The first-order chi connectivity index (χ1) is 28.6. The first kappa shape index (κ1) is 36.8. The van der Waals surface area contributed by atoms with E-state index in [1.807, 2.05) is 0 Å². The van der Waals surface area contributed by atoms with Crippen LogP contribution < -0.4 is 9.34 Å². The molecule has 0 saturated heterocycles. The molecule has 0 bridgehead atoms. The van der Waals surface area contributed by atoms with Crippen LogP contribution in [0.15, 0.2) is 162 Å². The highest BCUT2D eigenvalue weighted by atomic mass is 31.1. The maximum atomic E-state index is 6.77. The van der Waals surface area contributed by atoms with Gasteiger partial charge in [-0.3, -0.25) is 0 Å². The van der Waals surface area contributed by atoms with E-state index in [-0.39, 0.29) is 0 Å². The van der Waals surface area contributed by atoms with Crippen molar-refractivity contribution in [2.75, 3.05) is 36.5 Å². The highest BCUT2D eigenvalue weighted by Gasteiger charge is 2.17. The Hall–Kier alpha value is -5.48. The number of nitrogens with zero attached hydrogens (tertiary/aromatic N) is 2. The maximum Gasteiger partial charge on any atom is 0.309 e. The number of hydrogen-bond acceptors (Lipinski definition) is 6. The van der Waals surface area contributed by atoms with E-state index in [2.05, 4.69) is 169 Å². The molecule has 0 atom stereocenters. The van der Waals surface area contributed by atoms with Crippen molar-refractivity contribution in [1.29, 1.82) is 0 Å². The van der Waals surface area contributed by atoms with E-state index >= 15 is 0 Å². The van der Waals surface area contributed by atoms with Crippen LogP contribution in [0.3, 0.4) is 0 Å². The van der Waals surface area contributed by atoms with Crippen molar-refractivity contribution < 1.29 is 16.8 Å². The largest absolute Gasteiger partial charge is 0.408 e. The normalized spacial score (nSPS) is 12.1. The molecular formula is C50H46N2O4P2. The van der Waals surface area contributed by atoms with Gasteiger partial charge in [-0.2, -0.15) is 0 Å². The zero-order valence-corrected chi connectivity index (χ0v) is 34.7. The Morgan fingerprint density at radius 1 is 0.328 bits per heavy atom. The SMILES string of the molecule is CN(CCCCCCCCN(C)p1oc2ccc3ccccc3c2c2c(ccc3ccccc32)o1)p1oc2ccc3ccccc3c2c2c(ccc3ccccc32)o1. The molecule has 290 valence electrons. The molecule has 0 aliphatic rings. The van der Waals surface area contributed by atoms with E-state index in [0.29, 0.717) is 0 Å². The van der Waals surface area contributed by atoms with Gasteiger partial charge in [0.15, 0.2) is 0 Å². The Morgan fingerprint density at radius 3 is 0.879 bits per heavy atom. The second-order valence-corrected chi connectivity index (χ2v) is 18.4. The summed E-state index contributed by atoms with van der Waals surface area (Å²) in [5, 5.41) is 14.0. The topological polar surface area (TPSA) is 59.0 Å². The molecule has 8 aromatic carbocycles. The van der Waals surface area contributed by atoms with Gasteiger partial charge in [-0.1, -0.05) is 147 Å². The molecule has 0 spiro atoms. The summed E-state index contributed by atoms with van der Waals surface area (Å²) in [6.45, 7) is 1.82. The summed E-state index contributed by atoms with van der Waals surface area (Å²) >= 11 is 0. The second-order valence-electron chi connectivity index (χ2n) is 15.4. The quantitative estimate of drug-likeness (QED) is 0.121. The van der Waals surface area contributed by atoms with Crippen molar-refractivity contribution in [3.63, 3.8) is 0 Å². The lowest BCUT2D eigenvalue weighted by Gasteiger charge is -2.13. The standard InChI is InChI=1S/C50H46N2O4P2/c1-51(57-53-43-29-25-35-17-7-11-21-39(35)47(43)48-40-22-12-8-18-36(40)26-30-44(48)54-57)33-15-5-3-4-6-16-34-52(2)58-55-45-31-27-37-19-9-13-23-41(37)49(45)50-42-24-14-10-20-38(42)28-32-46(50)56-58/h7-14,17-32H,3-6,15-16,33-34H2,1-2H3. The molecule has 10 rings (SSSR count). The van der Waals surface area contributed by atoms with Crippen molar-refractivity contribution in [2.24, 2.45) is 0 Å². The average molecular weight is 801 g/mol. The van der Waals surface area contributed by atoms with Gasteiger partial charge in [0, 0.05) is 48.7 Å². The second kappa shape index (κ2) is 16.0. The summed E-state index contributed by atoms with van der Waals surface area (Å²) < 4.78 is 31.6. The molecule has 58 heavy (non-hydrogen) atoms. The number of hydrogen-bond donors (Lipinski definition) is 0. The van der Waals surface area contributed by atoms with Crippen molar-refractivity contribution in [3.05, 3.63) is 146 Å². The maximum absolute atomic E-state index is 6.77. The molecule has 0 amide bonds. The van der Waals surface area contributed by atoms with E-state index < -0.39 is 16.3 Å². The fourth-order valence-corrected chi connectivity index (χ4v) is 11.1. The highest BCUT2D eigenvalue weighted by Crippen LogP contribution is 2.43. The smallest absolute Gasteiger partial charge is 0.309 e. The summed E-state index contributed by atoms with van der Waals surface area (Å²) in [5.41, 5.74) is 3.53. The van der Waals surface area contributed by atoms with Crippen molar-refractivity contribution >= 4 is 103 Å².